The Bertz CT molecular complexity index is 677. The smallest absolute Gasteiger partial charge is 0.288 e. The van der Waals surface area contributed by atoms with Crippen LogP contribution in [0.15, 0.2) is 47.4 Å². The number of alkyl halides is 2. The molecule has 0 unspecified atom stereocenters. The summed E-state index contributed by atoms with van der Waals surface area (Å²) in [6.45, 7) is -0.267. The van der Waals surface area contributed by atoms with Gasteiger partial charge < -0.3 is 10.6 Å². The molecule has 0 saturated carbocycles. The number of hydrogen-bond donors (Lipinski definition) is 2. The summed E-state index contributed by atoms with van der Waals surface area (Å²) in [5.74, 6) is -4.68. The van der Waals surface area contributed by atoms with Gasteiger partial charge in [0.2, 0.25) is 5.91 Å². The maximum Gasteiger partial charge on any atom is 0.288 e. The molecule has 0 bridgehead atoms. The van der Waals surface area contributed by atoms with Crippen molar-refractivity contribution in [1.82, 2.24) is 0 Å². The van der Waals surface area contributed by atoms with Crippen LogP contribution in [-0.2, 0) is 4.79 Å². The highest BCUT2D eigenvalue weighted by Gasteiger charge is 2.11. The number of carbonyl (C=O) groups excluding carboxylic acids is 1. The summed E-state index contributed by atoms with van der Waals surface area (Å²) in [4.78, 5) is 12.1. The van der Waals surface area contributed by atoms with Crippen LogP contribution in [0.2, 0.25) is 0 Å². The molecule has 0 atom stereocenters. The summed E-state index contributed by atoms with van der Waals surface area (Å²) < 4.78 is 50.9. The minimum Gasteiger partial charge on any atom is -0.376 e. The van der Waals surface area contributed by atoms with Crippen molar-refractivity contribution in [3.05, 3.63) is 54.1 Å². The summed E-state index contributed by atoms with van der Waals surface area (Å²) in [5.41, 5.74) is 0.350. The molecule has 0 aliphatic rings. The lowest BCUT2D eigenvalue weighted by Gasteiger charge is -2.11. The fourth-order valence-corrected chi connectivity index (χ4v) is 2.40. The number of carbonyl (C=O) groups is 1. The molecule has 0 aliphatic carbocycles. The maximum absolute atomic E-state index is 13.0. The van der Waals surface area contributed by atoms with E-state index in [1.807, 2.05) is 0 Å². The number of amides is 1. The largest absolute Gasteiger partial charge is 0.376 e. The number of hydrogen-bond acceptors (Lipinski definition) is 3. The first-order valence-electron chi connectivity index (χ1n) is 6.47. The number of nitrogens with one attached hydrogen (secondary N) is 2. The molecule has 0 spiro atoms. The molecule has 3 nitrogen and oxygen atoms in total. The Kier molecular flexibility index (Phi) is 5.86. The van der Waals surface area contributed by atoms with Gasteiger partial charge in [-0.2, -0.15) is 8.78 Å². The molecule has 8 heteroatoms. The molecule has 0 aliphatic heterocycles. The van der Waals surface area contributed by atoms with E-state index in [1.54, 1.807) is 12.1 Å². The van der Waals surface area contributed by atoms with Crippen molar-refractivity contribution >= 4 is 29.0 Å². The Hall–Kier alpha value is -2.22. The van der Waals surface area contributed by atoms with Crippen LogP contribution < -0.4 is 10.6 Å². The van der Waals surface area contributed by atoms with Crippen LogP contribution in [0.1, 0.15) is 0 Å². The van der Waals surface area contributed by atoms with Crippen LogP contribution in [0.5, 0.6) is 0 Å². The molecule has 23 heavy (non-hydrogen) atoms. The third-order valence-corrected chi connectivity index (χ3v) is 3.48. The zero-order chi connectivity index (χ0) is 16.8. The van der Waals surface area contributed by atoms with Gasteiger partial charge >= 0.3 is 0 Å². The van der Waals surface area contributed by atoms with Gasteiger partial charge in [0.15, 0.2) is 0 Å². The van der Waals surface area contributed by atoms with Gasteiger partial charge in [-0.25, -0.2) is 8.78 Å². The number of halogens is 4. The second-order valence-electron chi connectivity index (χ2n) is 4.43. The van der Waals surface area contributed by atoms with E-state index in [1.165, 1.54) is 12.1 Å². The van der Waals surface area contributed by atoms with Gasteiger partial charge in [0.05, 0.1) is 12.2 Å². The number of benzene rings is 2. The lowest BCUT2D eigenvalue weighted by atomic mass is 10.3. The van der Waals surface area contributed by atoms with Crippen LogP contribution >= 0.6 is 11.8 Å². The third kappa shape index (κ3) is 5.48. The summed E-state index contributed by atoms with van der Waals surface area (Å²) in [7, 11) is 0. The van der Waals surface area contributed by atoms with Crippen molar-refractivity contribution in [3.63, 3.8) is 0 Å². The molecular weight excluding hydrogens is 332 g/mol. The van der Waals surface area contributed by atoms with Gasteiger partial charge in [-0.3, -0.25) is 4.79 Å². The highest BCUT2D eigenvalue weighted by Crippen LogP contribution is 2.31. The van der Waals surface area contributed by atoms with Crippen molar-refractivity contribution in [2.24, 2.45) is 0 Å². The molecule has 0 fully saturated rings. The zero-order valence-corrected chi connectivity index (χ0v) is 12.5. The molecule has 2 aromatic carbocycles. The molecule has 122 valence electrons. The van der Waals surface area contributed by atoms with Gasteiger partial charge in [-0.15, -0.1) is 0 Å². The highest BCUT2D eigenvalue weighted by molar-refractivity contribution is 7.99. The quantitative estimate of drug-likeness (QED) is 0.605. The number of rotatable bonds is 6. The summed E-state index contributed by atoms with van der Waals surface area (Å²) in [5, 5.41) is 5.03. The van der Waals surface area contributed by atoms with Crippen LogP contribution in [-0.4, -0.2) is 18.2 Å². The van der Waals surface area contributed by atoms with Crippen molar-refractivity contribution < 1.29 is 22.4 Å². The Morgan fingerprint density at radius 2 is 1.74 bits per heavy atom. The molecule has 0 aromatic heterocycles. The Balaban J connectivity index is 1.97. The van der Waals surface area contributed by atoms with E-state index in [-0.39, 0.29) is 22.8 Å². The predicted molar refractivity (Wildman–Crippen MR) is 81.8 cm³/mol. The van der Waals surface area contributed by atoms with E-state index < -0.39 is 23.3 Å². The van der Waals surface area contributed by atoms with Crippen LogP contribution in [0, 0.1) is 11.6 Å². The first-order valence-corrected chi connectivity index (χ1v) is 7.35. The number of thioether (sulfide) groups is 1. The molecule has 2 aromatic rings. The summed E-state index contributed by atoms with van der Waals surface area (Å²) in [6.07, 6.45) is 0. The second-order valence-corrected chi connectivity index (χ2v) is 5.47. The zero-order valence-electron chi connectivity index (χ0n) is 11.7. The van der Waals surface area contributed by atoms with Crippen molar-refractivity contribution in [1.29, 1.82) is 0 Å². The monoisotopic (exact) mass is 344 g/mol. The number of para-hydroxylation sites is 1. The third-order valence-electron chi connectivity index (χ3n) is 2.69. The summed E-state index contributed by atoms with van der Waals surface area (Å²) >= 11 is 0.318. The Morgan fingerprint density at radius 3 is 2.39 bits per heavy atom. The van der Waals surface area contributed by atoms with Crippen LogP contribution in [0.25, 0.3) is 0 Å². The summed E-state index contributed by atoms with van der Waals surface area (Å²) in [6, 6.07) is 8.91. The lowest BCUT2D eigenvalue weighted by Crippen LogP contribution is -2.22. The molecule has 1 amide bonds. The molecule has 0 heterocycles. The Morgan fingerprint density at radius 1 is 1.09 bits per heavy atom. The topological polar surface area (TPSA) is 41.1 Å². The SMILES string of the molecule is O=C(CNc1cc(F)cc(F)c1)Nc1ccccc1SC(F)F. The standard InChI is InChI=1S/C15H12F4N2OS/c16-9-5-10(17)7-11(6-9)20-8-14(22)21-12-3-1-2-4-13(12)23-15(18)19/h1-7,15,20H,8H2,(H,21,22). The van der Waals surface area contributed by atoms with E-state index in [2.05, 4.69) is 10.6 Å². The van der Waals surface area contributed by atoms with Crippen LogP contribution in [0.4, 0.5) is 28.9 Å². The molecule has 2 N–H and O–H groups in total. The fraction of sp³-hybridized carbons (Fsp3) is 0.133. The molecule has 0 radical (unpaired) electrons. The highest BCUT2D eigenvalue weighted by atomic mass is 32.2. The average Bonchev–Trinajstić information content (AvgIpc) is 2.46. The van der Waals surface area contributed by atoms with E-state index in [9.17, 15) is 22.4 Å². The first kappa shape index (κ1) is 17.1. The predicted octanol–water partition coefficient (Wildman–Crippen LogP) is 4.33. The van der Waals surface area contributed by atoms with Gasteiger partial charge in [-0.1, -0.05) is 23.9 Å². The average molecular weight is 344 g/mol. The minimum absolute atomic E-state index is 0.105. The van der Waals surface area contributed by atoms with E-state index in [4.69, 9.17) is 0 Å². The van der Waals surface area contributed by atoms with Gasteiger partial charge in [0.25, 0.3) is 5.76 Å². The fourth-order valence-electron chi connectivity index (χ4n) is 1.80. The van der Waals surface area contributed by atoms with Gasteiger partial charge in [0.1, 0.15) is 11.6 Å². The van der Waals surface area contributed by atoms with Gasteiger partial charge in [0, 0.05) is 16.6 Å². The molecule has 0 saturated heterocycles. The van der Waals surface area contributed by atoms with E-state index in [0.29, 0.717) is 17.8 Å². The van der Waals surface area contributed by atoms with Gasteiger partial charge in [-0.05, 0) is 24.3 Å². The van der Waals surface area contributed by atoms with E-state index in [0.717, 1.165) is 12.1 Å². The minimum atomic E-state index is -2.61. The maximum atomic E-state index is 13.0. The van der Waals surface area contributed by atoms with E-state index >= 15 is 0 Å². The Labute approximate surface area is 134 Å². The molecule has 2 rings (SSSR count). The van der Waals surface area contributed by atoms with Crippen LogP contribution in [0.3, 0.4) is 0 Å². The lowest BCUT2D eigenvalue weighted by molar-refractivity contribution is -0.114. The normalized spacial score (nSPS) is 10.7. The van der Waals surface area contributed by atoms with Crippen molar-refractivity contribution in [2.75, 3.05) is 17.2 Å². The van der Waals surface area contributed by atoms with Crippen molar-refractivity contribution in [3.8, 4) is 0 Å². The second kappa shape index (κ2) is 7.87. The molecular formula is C15H12F4N2OS. The first-order chi connectivity index (χ1) is 10.9. The number of anilines is 2. The van der Waals surface area contributed by atoms with Crippen molar-refractivity contribution in [2.45, 2.75) is 10.7 Å².